The van der Waals surface area contributed by atoms with Gasteiger partial charge >= 0.3 is 0 Å². The van der Waals surface area contributed by atoms with Gasteiger partial charge in [0.25, 0.3) is 5.91 Å². The highest BCUT2D eigenvalue weighted by Crippen LogP contribution is 2.21. The lowest BCUT2D eigenvalue weighted by Gasteiger charge is -2.32. The number of amides is 1. The number of carbonyl (C=O) groups excluding carboxylic acids is 1. The molecule has 1 fully saturated rings. The van der Waals surface area contributed by atoms with Gasteiger partial charge in [-0.1, -0.05) is 0 Å². The van der Waals surface area contributed by atoms with E-state index in [1.807, 2.05) is 30.5 Å². The zero-order valence-electron chi connectivity index (χ0n) is 14.1. The number of ether oxygens (including phenoxy) is 1. The Morgan fingerprint density at radius 3 is 2.83 bits per heavy atom. The minimum absolute atomic E-state index is 0.0584. The largest absolute Gasteiger partial charge is 0.379 e. The lowest BCUT2D eigenvalue weighted by molar-refractivity contribution is 0.0204. The van der Waals surface area contributed by atoms with Crippen LogP contribution >= 0.6 is 11.3 Å². The number of nitrogens with zero attached hydrogens (tertiary/aromatic N) is 2. The van der Waals surface area contributed by atoms with Crippen molar-refractivity contribution in [2.45, 2.75) is 19.9 Å². The number of hydrogen-bond acceptors (Lipinski definition) is 5. The van der Waals surface area contributed by atoms with Crippen LogP contribution in [0.1, 0.15) is 23.0 Å². The lowest BCUT2D eigenvalue weighted by atomic mass is 10.1. The van der Waals surface area contributed by atoms with E-state index in [-0.39, 0.29) is 5.91 Å². The second-order valence-electron chi connectivity index (χ2n) is 6.05. The summed E-state index contributed by atoms with van der Waals surface area (Å²) >= 11 is 1.64. The van der Waals surface area contributed by atoms with Crippen molar-refractivity contribution in [1.82, 2.24) is 15.2 Å². The van der Waals surface area contributed by atoms with Crippen LogP contribution < -0.4 is 5.32 Å². The Hall–Kier alpha value is -1.76. The van der Waals surface area contributed by atoms with Crippen LogP contribution in [0, 0.1) is 6.92 Å². The molecule has 1 aliphatic heterocycles. The predicted octanol–water partition coefficient (Wildman–Crippen LogP) is 2.57. The van der Waals surface area contributed by atoms with E-state index in [9.17, 15) is 4.79 Å². The average Bonchev–Trinajstić information content (AvgIpc) is 3.14. The van der Waals surface area contributed by atoms with Crippen LogP contribution in [0.2, 0.25) is 0 Å². The van der Waals surface area contributed by atoms with Crippen molar-refractivity contribution in [2.75, 3.05) is 32.8 Å². The number of morpholine rings is 1. The Morgan fingerprint density at radius 2 is 2.17 bits per heavy atom. The molecule has 0 unspecified atom stereocenters. The van der Waals surface area contributed by atoms with Gasteiger partial charge in [-0.2, -0.15) is 11.3 Å². The highest BCUT2D eigenvalue weighted by molar-refractivity contribution is 7.08. The molecule has 0 spiro atoms. The van der Waals surface area contributed by atoms with Gasteiger partial charge in [-0.25, -0.2) is 0 Å². The fourth-order valence-corrected chi connectivity index (χ4v) is 3.50. The third kappa shape index (κ3) is 4.01. The quantitative estimate of drug-likeness (QED) is 0.905. The van der Waals surface area contributed by atoms with Crippen molar-refractivity contribution in [2.24, 2.45) is 0 Å². The summed E-state index contributed by atoms with van der Waals surface area (Å²) < 4.78 is 5.37. The molecule has 2 aromatic heterocycles. The van der Waals surface area contributed by atoms with Crippen LogP contribution in [-0.2, 0) is 4.74 Å². The van der Waals surface area contributed by atoms with E-state index in [1.54, 1.807) is 11.3 Å². The van der Waals surface area contributed by atoms with Crippen molar-refractivity contribution in [3.8, 4) is 11.3 Å². The zero-order valence-corrected chi connectivity index (χ0v) is 14.9. The van der Waals surface area contributed by atoms with Gasteiger partial charge in [0.1, 0.15) is 0 Å². The molecule has 3 rings (SSSR count). The predicted molar refractivity (Wildman–Crippen MR) is 96.5 cm³/mol. The van der Waals surface area contributed by atoms with Gasteiger partial charge in [-0.15, -0.1) is 0 Å². The number of aromatic nitrogens is 1. The molecule has 1 atom stereocenters. The van der Waals surface area contributed by atoms with Gasteiger partial charge in [0.2, 0.25) is 0 Å². The molecule has 3 heterocycles. The number of pyridine rings is 1. The van der Waals surface area contributed by atoms with E-state index in [1.165, 1.54) is 0 Å². The summed E-state index contributed by atoms with van der Waals surface area (Å²) in [4.78, 5) is 19.4. The smallest absolute Gasteiger partial charge is 0.253 e. The molecular weight excluding hydrogens is 322 g/mol. The van der Waals surface area contributed by atoms with Crippen LogP contribution in [0.3, 0.4) is 0 Å². The van der Waals surface area contributed by atoms with Crippen LogP contribution in [0.25, 0.3) is 11.3 Å². The highest BCUT2D eigenvalue weighted by Gasteiger charge is 2.18. The number of aryl methyl sites for hydroxylation is 1. The summed E-state index contributed by atoms with van der Waals surface area (Å²) in [5.74, 6) is -0.0584. The SMILES string of the molecule is Cc1nc(-c2ccsc2)ccc1C(=O)NC[C@@H](C)N1CCOCC1. The molecule has 6 heteroatoms. The maximum Gasteiger partial charge on any atom is 0.253 e. The molecule has 128 valence electrons. The fraction of sp³-hybridized carbons (Fsp3) is 0.444. The molecule has 1 amide bonds. The first kappa shape index (κ1) is 17.1. The Kier molecular flexibility index (Phi) is 5.60. The van der Waals surface area contributed by atoms with Crippen molar-refractivity contribution < 1.29 is 9.53 Å². The molecule has 1 aliphatic rings. The number of rotatable bonds is 5. The molecule has 0 bridgehead atoms. The summed E-state index contributed by atoms with van der Waals surface area (Å²) in [5.41, 5.74) is 3.40. The van der Waals surface area contributed by atoms with Crippen LogP contribution in [-0.4, -0.2) is 54.7 Å². The summed E-state index contributed by atoms with van der Waals surface area (Å²) in [5, 5.41) is 7.12. The summed E-state index contributed by atoms with van der Waals surface area (Å²) in [6, 6.07) is 6.12. The molecule has 2 aromatic rings. The Morgan fingerprint density at radius 1 is 1.38 bits per heavy atom. The van der Waals surface area contributed by atoms with Gasteiger partial charge in [0.15, 0.2) is 0 Å². The molecule has 0 saturated carbocycles. The number of nitrogens with one attached hydrogen (secondary N) is 1. The van der Waals surface area contributed by atoms with Gasteiger partial charge in [0.05, 0.1) is 30.2 Å². The Bertz CT molecular complexity index is 682. The van der Waals surface area contributed by atoms with E-state index in [2.05, 4.69) is 27.5 Å². The van der Waals surface area contributed by atoms with Crippen molar-refractivity contribution in [3.63, 3.8) is 0 Å². The van der Waals surface area contributed by atoms with Crippen LogP contribution in [0.15, 0.2) is 29.0 Å². The fourth-order valence-electron chi connectivity index (χ4n) is 2.85. The molecule has 1 N–H and O–H groups in total. The first-order chi connectivity index (χ1) is 11.6. The molecular formula is C18H23N3O2S. The maximum absolute atomic E-state index is 12.5. The van der Waals surface area contributed by atoms with Gasteiger partial charge in [-0.3, -0.25) is 14.7 Å². The third-order valence-corrected chi connectivity index (χ3v) is 5.06. The topological polar surface area (TPSA) is 54.5 Å². The Labute approximate surface area is 146 Å². The minimum Gasteiger partial charge on any atom is -0.379 e. The van der Waals surface area contributed by atoms with Gasteiger partial charge < -0.3 is 10.1 Å². The average molecular weight is 345 g/mol. The van der Waals surface area contributed by atoms with Crippen LogP contribution in [0.4, 0.5) is 0 Å². The second-order valence-corrected chi connectivity index (χ2v) is 6.83. The maximum atomic E-state index is 12.5. The minimum atomic E-state index is -0.0584. The van der Waals surface area contributed by atoms with E-state index < -0.39 is 0 Å². The van der Waals surface area contributed by atoms with Gasteiger partial charge in [-0.05, 0) is 37.4 Å². The van der Waals surface area contributed by atoms with Crippen molar-refractivity contribution in [3.05, 3.63) is 40.2 Å². The van der Waals surface area contributed by atoms with Gasteiger partial charge in [0, 0.05) is 36.6 Å². The number of thiophene rings is 1. The van der Waals surface area contributed by atoms with E-state index in [0.29, 0.717) is 18.2 Å². The molecule has 24 heavy (non-hydrogen) atoms. The first-order valence-corrected chi connectivity index (χ1v) is 9.19. The summed E-state index contributed by atoms with van der Waals surface area (Å²) in [6.45, 7) is 8.04. The number of hydrogen-bond donors (Lipinski definition) is 1. The normalized spacial score (nSPS) is 16.8. The van der Waals surface area contributed by atoms with E-state index in [4.69, 9.17) is 4.74 Å². The number of carbonyl (C=O) groups is 1. The molecule has 0 aromatic carbocycles. The van der Waals surface area contributed by atoms with Crippen LogP contribution in [0.5, 0.6) is 0 Å². The molecule has 0 aliphatic carbocycles. The monoisotopic (exact) mass is 345 g/mol. The lowest BCUT2D eigenvalue weighted by Crippen LogP contribution is -2.47. The standard InChI is InChI=1S/C18H23N3O2S/c1-13(21-6-8-23-9-7-21)11-19-18(22)16-3-4-17(20-14(16)2)15-5-10-24-12-15/h3-5,10,12-13H,6-9,11H2,1-2H3,(H,19,22)/t13-/m1/s1. The first-order valence-electron chi connectivity index (χ1n) is 8.25. The Balaban J connectivity index is 1.60. The summed E-state index contributed by atoms with van der Waals surface area (Å²) in [6.07, 6.45) is 0. The molecule has 0 radical (unpaired) electrons. The van der Waals surface area contributed by atoms with E-state index >= 15 is 0 Å². The third-order valence-electron chi connectivity index (χ3n) is 4.37. The molecule has 1 saturated heterocycles. The van der Waals surface area contributed by atoms with Crippen molar-refractivity contribution >= 4 is 17.2 Å². The van der Waals surface area contributed by atoms with E-state index in [0.717, 1.165) is 43.3 Å². The highest BCUT2D eigenvalue weighted by atomic mass is 32.1. The van der Waals surface area contributed by atoms with Crippen molar-refractivity contribution in [1.29, 1.82) is 0 Å². The summed E-state index contributed by atoms with van der Waals surface area (Å²) in [7, 11) is 0. The second kappa shape index (κ2) is 7.88. The molecule has 5 nitrogen and oxygen atoms in total. The zero-order chi connectivity index (χ0) is 16.9.